The molecule has 7 nitrogen and oxygen atoms in total. The van der Waals surface area contributed by atoms with Crippen molar-refractivity contribution in [2.75, 3.05) is 11.5 Å². The number of carbonyl (C=O) groups excluding carboxylic acids is 3. The van der Waals surface area contributed by atoms with Crippen LogP contribution < -0.4 is 10.3 Å². The van der Waals surface area contributed by atoms with E-state index in [0.29, 0.717) is 5.69 Å². The topological polar surface area (TPSA) is 88.1 Å². The van der Waals surface area contributed by atoms with E-state index in [1.807, 2.05) is 13.0 Å². The number of hydrazone groups is 1. The van der Waals surface area contributed by atoms with E-state index in [4.69, 9.17) is 4.74 Å². The first kappa shape index (κ1) is 17.5. The molecule has 3 rings (SSSR count). The Morgan fingerprint density at radius 3 is 2.76 bits per heavy atom. The van der Waals surface area contributed by atoms with Crippen LogP contribution in [0.2, 0.25) is 0 Å². The fraction of sp³-hybridized carbons (Fsp3) is 0.412. The number of benzene rings is 1. The lowest BCUT2D eigenvalue weighted by atomic mass is 9.85. The van der Waals surface area contributed by atoms with Crippen LogP contribution in [0.25, 0.3) is 0 Å². The Hall–Kier alpha value is -2.35. The Balaban J connectivity index is 2.05. The van der Waals surface area contributed by atoms with Gasteiger partial charge in [-0.3, -0.25) is 9.59 Å². The number of hydrogen-bond acceptors (Lipinski definition) is 6. The molecule has 132 valence electrons. The second-order valence-corrected chi connectivity index (χ2v) is 7.67. The molecule has 1 atom stereocenters. The summed E-state index contributed by atoms with van der Waals surface area (Å²) in [7, 11) is 0. The van der Waals surface area contributed by atoms with Crippen LogP contribution in [0, 0.1) is 0 Å². The molecule has 1 aromatic rings. The summed E-state index contributed by atoms with van der Waals surface area (Å²) in [5.74, 6) is -0.320. The van der Waals surface area contributed by atoms with Crippen molar-refractivity contribution < 1.29 is 19.1 Å². The van der Waals surface area contributed by atoms with Gasteiger partial charge in [0, 0.05) is 0 Å². The normalized spacial score (nSPS) is 21.5. The van der Waals surface area contributed by atoms with Crippen molar-refractivity contribution in [3.63, 3.8) is 0 Å². The van der Waals surface area contributed by atoms with Crippen LogP contribution in [0.3, 0.4) is 0 Å². The molecule has 1 aromatic carbocycles. The van der Waals surface area contributed by atoms with Crippen molar-refractivity contribution in [3.05, 3.63) is 29.3 Å². The monoisotopic (exact) mass is 361 g/mol. The van der Waals surface area contributed by atoms with Crippen molar-refractivity contribution in [1.82, 2.24) is 5.43 Å². The summed E-state index contributed by atoms with van der Waals surface area (Å²) >= 11 is 1.16. The summed E-state index contributed by atoms with van der Waals surface area (Å²) in [6.45, 7) is 7.35. The second-order valence-electron chi connectivity index (χ2n) is 6.35. The molecule has 0 bridgehead atoms. The molecule has 2 aliphatic heterocycles. The Bertz CT molecular complexity index is 803. The number of carbonyl (C=O) groups is 3. The maximum absolute atomic E-state index is 12.7. The summed E-state index contributed by atoms with van der Waals surface area (Å²) in [6, 6.07) is 5.39. The number of nitrogens with one attached hydrogen (secondary N) is 1. The smallest absolute Gasteiger partial charge is 0.421 e. The van der Waals surface area contributed by atoms with Gasteiger partial charge in [0.25, 0.3) is 5.24 Å². The average molecular weight is 361 g/mol. The number of thioether (sulfide) groups is 1. The zero-order valence-corrected chi connectivity index (χ0v) is 15.3. The molecule has 0 radical (unpaired) electrons. The molecule has 0 aliphatic carbocycles. The van der Waals surface area contributed by atoms with Crippen LogP contribution in [0.1, 0.15) is 38.8 Å². The Kier molecular flexibility index (Phi) is 4.32. The zero-order valence-electron chi connectivity index (χ0n) is 14.5. The van der Waals surface area contributed by atoms with Gasteiger partial charge in [-0.1, -0.05) is 17.8 Å². The molecule has 25 heavy (non-hydrogen) atoms. The molecule has 3 amide bonds. The van der Waals surface area contributed by atoms with E-state index in [0.717, 1.165) is 33.5 Å². The minimum atomic E-state index is -0.854. The van der Waals surface area contributed by atoms with Gasteiger partial charge >= 0.3 is 6.09 Å². The molecule has 0 aromatic heterocycles. The van der Waals surface area contributed by atoms with Crippen LogP contribution in [0.15, 0.2) is 23.3 Å². The van der Waals surface area contributed by atoms with Gasteiger partial charge in [0.1, 0.15) is 0 Å². The molecule has 0 saturated heterocycles. The van der Waals surface area contributed by atoms with Crippen molar-refractivity contribution in [2.45, 2.75) is 38.4 Å². The second kappa shape index (κ2) is 6.18. The van der Waals surface area contributed by atoms with Crippen molar-refractivity contribution in [3.8, 4) is 0 Å². The number of rotatable bonds is 2. The lowest BCUT2D eigenvalue weighted by Gasteiger charge is -2.20. The fourth-order valence-electron chi connectivity index (χ4n) is 3.00. The zero-order chi connectivity index (χ0) is 18.4. The maximum Gasteiger partial charge on any atom is 0.421 e. The molecule has 1 unspecified atom stereocenters. The van der Waals surface area contributed by atoms with Crippen LogP contribution in [0.4, 0.5) is 15.3 Å². The van der Waals surface area contributed by atoms with Gasteiger partial charge < -0.3 is 4.74 Å². The number of anilines is 1. The molecular formula is C17H19N3O4S. The molecule has 0 spiro atoms. The summed E-state index contributed by atoms with van der Waals surface area (Å²) in [4.78, 5) is 37.4. The SMILES string of the molecule is CCOC(=O)N1C(=O)C(C)(C)c2cc(C3=NNC(=O)SC3C)ccc21. The van der Waals surface area contributed by atoms with Gasteiger partial charge in [-0.2, -0.15) is 5.10 Å². The van der Waals surface area contributed by atoms with Crippen LogP contribution >= 0.6 is 11.8 Å². The Morgan fingerprint density at radius 2 is 2.12 bits per heavy atom. The number of amides is 3. The molecule has 8 heteroatoms. The van der Waals surface area contributed by atoms with Gasteiger partial charge in [-0.25, -0.2) is 15.1 Å². The van der Waals surface area contributed by atoms with Crippen LogP contribution in [0.5, 0.6) is 0 Å². The average Bonchev–Trinajstić information content (AvgIpc) is 2.74. The lowest BCUT2D eigenvalue weighted by Crippen LogP contribution is -2.40. The standard InChI is InChI=1S/C17H19N3O4S/c1-5-24-16(23)20-12-7-6-10(8-11(12)17(3,4)14(20)21)13-9(2)25-15(22)19-18-13/h6-9H,5H2,1-4H3,(H,19,22). The third-order valence-corrected chi connectivity index (χ3v) is 5.21. The number of nitrogens with zero attached hydrogens (tertiary/aromatic N) is 2. The highest BCUT2D eigenvalue weighted by Crippen LogP contribution is 2.42. The molecular weight excluding hydrogens is 342 g/mol. The maximum atomic E-state index is 12.7. The van der Waals surface area contributed by atoms with Crippen molar-refractivity contribution in [2.24, 2.45) is 5.10 Å². The Labute approximate surface area is 149 Å². The van der Waals surface area contributed by atoms with Crippen molar-refractivity contribution in [1.29, 1.82) is 0 Å². The van der Waals surface area contributed by atoms with Gasteiger partial charge in [0.05, 0.1) is 28.7 Å². The van der Waals surface area contributed by atoms with Gasteiger partial charge in [0.15, 0.2) is 0 Å². The number of hydrogen-bond donors (Lipinski definition) is 1. The third kappa shape index (κ3) is 2.80. The quantitative estimate of drug-likeness (QED) is 0.875. The van der Waals surface area contributed by atoms with E-state index in [1.54, 1.807) is 32.9 Å². The van der Waals surface area contributed by atoms with E-state index >= 15 is 0 Å². The number of fused-ring (bicyclic) bond motifs is 1. The largest absolute Gasteiger partial charge is 0.449 e. The fourth-order valence-corrected chi connectivity index (χ4v) is 3.72. The third-order valence-electron chi connectivity index (χ3n) is 4.33. The first-order valence-electron chi connectivity index (χ1n) is 7.97. The predicted octanol–water partition coefficient (Wildman–Crippen LogP) is 3.02. The van der Waals surface area contributed by atoms with Gasteiger partial charge in [-0.15, -0.1) is 0 Å². The summed E-state index contributed by atoms with van der Waals surface area (Å²) in [6.07, 6.45) is -0.668. The van der Waals surface area contributed by atoms with E-state index in [-0.39, 0.29) is 23.0 Å². The number of ether oxygens (including phenoxy) is 1. The molecule has 2 heterocycles. The first-order valence-corrected chi connectivity index (χ1v) is 8.85. The highest BCUT2D eigenvalue weighted by Gasteiger charge is 2.47. The van der Waals surface area contributed by atoms with E-state index in [1.165, 1.54) is 0 Å². The van der Waals surface area contributed by atoms with Crippen molar-refractivity contribution >= 4 is 40.4 Å². The van der Waals surface area contributed by atoms with Gasteiger partial charge in [-0.05, 0) is 51.0 Å². The minimum Gasteiger partial charge on any atom is -0.449 e. The molecule has 0 saturated carbocycles. The van der Waals surface area contributed by atoms with E-state index in [9.17, 15) is 14.4 Å². The summed E-state index contributed by atoms with van der Waals surface area (Å²) in [5.41, 5.74) is 4.41. The highest BCUT2D eigenvalue weighted by atomic mass is 32.2. The predicted molar refractivity (Wildman–Crippen MR) is 96.1 cm³/mol. The highest BCUT2D eigenvalue weighted by molar-refractivity contribution is 8.14. The lowest BCUT2D eigenvalue weighted by molar-refractivity contribution is -0.121. The van der Waals surface area contributed by atoms with E-state index in [2.05, 4.69) is 10.5 Å². The first-order chi connectivity index (χ1) is 11.8. The summed E-state index contributed by atoms with van der Waals surface area (Å²) in [5, 5.41) is 3.85. The molecule has 0 fully saturated rings. The summed E-state index contributed by atoms with van der Waals surface area (Å²) < 4.78 is 5.01. The van der Waals surface area contributed by atoms with Crippen LogP contribution in [-0.4, -0.2) is 34.8 Å². The molecule has 2 aliphatic rings. The number of imide groups is 1. The molecule has 1 N–H and O–H groups in total. The minimum absolute atomic E-state index is 0.104. The van der Waals surface area contributed by atoms with Crippen LogP contribution in [-0.2, 0) is 14.9 Å². The van der Waals surface area contributed by atoms with E-state index < -0.39 is 11.5 Å². The van der Waals surface area contributed by atoms with Gasteiger partial charge in [0.2, 0.25) is 5.91 Å². The Morgan fingerprint density at radius 1 is 1.40 bits per heavy atom.